The van der Waals surface area contributed by atoms with Crippen LogP contribution in [0.1, 0.15) is 48.0 Å². The lowest BCUT2D eigenvalue weighted by atomic mass is 10.1. The smallest absolute Gasteiger partial charge is 0.412 e. The van der Waals surface area contributed by atoms with E-state index < -0.39 is 17.4 Å². The molecule has 0 spiro atoms. The molecule has 5 nitrogen and oxygen atoms in total. The quantitative estimate of drug-likeness (QED) is 0.762. The minimum Gasteiger partial charge on any atom is -0.444 e. The second kappa shape index (κ2) is 4.88. The molecular formula is C13H23NO4. The maximum Gasteiger partial charge on any atom is 0.412 e. The molecule has 104 valence electrons. The van der Waals surface area contributed by atoms with Crippen molar-refractivity contribution in [3.63, 3.8) is 0 Å². The Bertz CT molecular complexity index is 343. The molecule has 0 bridgehead atoms. The van der Waals surface area contributed by atoms with Crippen LogP contribution in [0, 0.1) is 0 Å². The average molecular weight is 257 g/mol. The summed E-state index contributed by atoms with van der Waals surface area (Å²) in [6, 6.07) is -0.243. The summed E-state index contributed by atoms with van der Waals surface area (Å²) in [6.07, 6.45) is -0.140. The molecule has 1 heterocycles. The first-order valence-electron chi connectivity index (χ1n) is 6.18. The van der Waals surface area contributed by atoms with Gasteiger partial charge >= 0.3 is 6.09 Å². The molecule has 1 fully saturated rings. The highest BCUT2D eigenvalue weighted by atomic mass is 16.6. The Morgan fingerprint density at radius 2 is 1.94 bits per heavy atom. The van der Waals surface area contributed by atoms with E-state index in [0.29, 0.717) is 13.0 Å². The fourth-order valence-electron chi connectivity index (χ4n) is 2.05. The minimum absolute atomic E-state index is 0.0369. The number of nitrogens with zero attached hydrogens (tertiary/aromatic N) is 1. The average Bonchev–Trinajstić information content (AvgIpc) is 2.36. The molecule has 0 aromatic heterocycles. The van der Waals surface area contributed by atoms with Gasteiger partial charge in [-0.3, -0.25) is 9.69 Å². The lowest BCUT2D eigenvalue weighted by molar-refractivity contribution is -0.118. The summed E-state index contributed by atoms with van der Waals surface area (Å²) in [6.45, 7) is 10.9. The molecule has 0 aliphatic carbocycles. The van der Waals surface area contributed by atoms with Gasteiger partial charge in [0.2, 0.25) is 0 Å². The molecule has 1 atom stereocenters. The normalized spacial score (nSPS) is 23.0. The molecule has 1 aliphatic rings. The van der Waals surface area contributed by atoms with Crippen molar-refractivity contribution in [2.45, 2.75) is 65.3 Å². The molecule has 1 saturated heterocycles. The fourth-order valence-corrected chi connectivity index (χ4v) is 2.05. The van der Waals surface area contributed by atoms with Crippen LogP contribution in [0.4, 0.5) is 4.79 Å². The monoisotopic (exact) mass is 257 g/mol. The highest BCUT2D eigenvalue weighted by Crippen LogP contribution is 2.30. The van der Waals surface area contributed by atoms with Crippen molar-refractivity contribution < 1.29 is 19.1 Å². The molecule has 0 aromatic carbocycles. The van der Waals surface area contributed by atoms with Gasteiger partial charge in [-0.05, 0) is 41.5 Å². The number of ketones is 1. The summed E-state index contributed by atoms with van der Waals surface area (Å²) in [7, 11) is 0. The fraction of sp³-hybridized carbons (Fsp3) is 0.846. The molecule has 0 saturated carbocycles. The highest BCUT2D eigenvalue weighted by Gasteiger charge is 2.45. The van der Waals surface area contributed by atoms with Crippen LogP contribution in [0.2, 0.25) is 0 Å². The van der Waals surface area contributed by atoms with E-state index in [2.05, 4.69) is 0 Å². The maximum atomic E-state index is 12.2. The number of hydrogen-bond donors (Lipinski definition) is 0. The van der Waals surface area contributed by atoms with E-state index in [1.54, 1.807) is 13.8 Å². The lowest BCUT2D eigenvalue weighted by Crippen LogP contribution is -2.50. The second-order valence-corrected chi connectivity index (χ2v) is 6.17. The SMILES string of the molecule is CC(=O)C[C@@H]1COC(C)(C)N1C(=O)OC(C)(C)C. The lowest BCUT2D eigenvalue weighted by Gasteiger charge is -2.34. The number of rotatable bonds is 2. The number of ether oxygens (including phenoxy) is 2. The van der Waals surface area contributed by atoms with Gasteiger partial charge in [0.1, 0.15) is 17.1 Å². The molecular weight excluding hydrogens is 234 g/mol. The van der Waals surface area contributed by atoms with Gasteiger partial charge < -0.3 is 9.47 Å². The van der Waals surface area contributed by atoms with Crippen LogP contribution in [0.25, 0.3) is 0 Å². The Hall–Kier alpha value is -1.10. The third-order valence-electron chi connectivity index (χ3n) is 2.69. The maximum absolute atomic E-state index is 12.2. The number of carbonyl (C=O) groups excluding carboxylic acids is 2. The van der Waals surface area contributed by atoms with Gasteiger partial charge in [-0.2, -0.15) is 0 Å². The van der Waals surface area contributed by atoms with Crippen LogP contribution in [-0.2, 0) is 14.3 Å². The van der Waals surface area contributed by atoms with Gasteiger partial charge in [0.15, 0.2) is 0 Å². The zero-order valence-corrected chi connectivity index (χ0v) is 12.1. The summed E-state index contributed by atoms with van der Waals surface area (Å²) in [4.78, 5) is 24.9. The summed E-state index contributed by atoms with van der Waals surface area (Å²) in [5.74, 6) is 0.0369. The van der Waals surface area contributed by atoms with Crippen LogP contribution in [0.15, 0.2) is 0 Å². The molecule has 0 N–H and O–H groups in total. The summed E-state index contributed by atoms with van der Waals surface area (Å²) >= 11 is 0. The van der Waals surface area contributed by atoms with Crippen molar-refractivity contribution in [2.24, 2.45) is 0 Å². The molecule has 1 aliphatic heterocycles. The van der Waals surface area contributed by atoms with E-state index in [1.807, 2.05) is 20.8 Å². The van der Waals surface area contributed by atoms with Crippen LogP contribution in [0.5, 0.6) is 0 Å². The highest BCUT2D eigenvalue weighted by molar-refractivity contribution is 5.77. The van der Waals surface area contributed by atoms with Gasteiger partial charge in [0.25, 0.3) is 0 Å². The van der Waals surface area contributed by atoms with Crippen LogP contribution in [0.3, 0.4) is 0 Å². The standard InChI is InChI=1S/C13H23NO4/c1-9(15)7-10-8-17-13(5,6)14(10)11(16)18-12(2,3)4/h10H,7-8H2,1-6H3/t10-/m1/s1. The van der Waals surface area contributed by atoms with Crippen LogP contribution >= 0.6 is 0 Å². The van der Waals surface area contributed by atoms with Gasteiger partial charge in [-0.15, -0.1) is 0 Å². The van der Waals surface area contributed by atoms with E-state index in [4.69, 9.17) is 9.47 Å². The first kappa shape index (κ1) is 15.0. The van der Waals surface area contributed by atoms with Crippen molar-refractivity contribution in [2.75, 3.05) is 6.61 Å². The Kier molecular flexibility index (Phi) is 4.05. The van der Waals surface area contributed by atoms with E-state index in [-0.39, 0.29) is 11.8 Å². The number of Topliss-reactive ketones (excluding diaryl/α,β-unsaturated/α-hetero) is 1. The third-order valence-corrected chi connectivity index (χ3v) is 2.69. The van der Waals surface area contributed by atoms with Crippen LogP contribution < -0.4 is 0 Å². The Labute approximate surface area is 108 Å². The molecule has 5 heteroatoms. The molecule has 18 heavy (non-hydrogen) atoms. The molecule has 0 radical (unpaired) electrons. The first-order valence-corrected chi connectivity index (χ1v) is 6.18. The predicted octanol–water partition coefficient (Wildman–Crippen LogP) is 2.34. The third kappa shape index (κ3) is 3.70. The molecule has 1 amide bonds. The predicted molar refractivity (Wildman–Crippen MR) is 67.2 cm³/mol. The van der Waals surface area contributed by atoms with Gasteiger partial charge in [0.05, 0.1) is 12.6 Å². The van der Waals surface area contributed by atoms with Gasteiger partial charge in [-0.1, -0.05) is 0 Å². The summed E-state index contributed by atoms with van der Waals surface area (Å²) in [5, 5.41) is 0. The van der Waals surface area contributed by atoms with E-state index in [0.717, 1.165) is 0 Å². The number of hydrogen-bond acceptors (Lipinski definition) is 4. The minimum atomic E-state index is -0.734. The van der Waals surface area contributed by atoms with Gasteiger partial charge in [-0.25, -0.2) is 4.79 Å². The molecule has 1 rings (SSSR count). The number of carbonyl (C=O) groups is 2. The first-order chi connectivity index (χ1) is 8.03. The largest absolute Gasteiger partial charge is 0.444 e. The topological polar surface area (TPSA) is 55.8 Å². The zero-order chi connectivity index (χ0) is 14.1. The molecule has 0 aromatic rings. The molecule has 0 unspecified atom stereocenters. The summed E-state index contributed by atoms with van der Waals surface area (Å²) in [5.41, 5.74) is -1.29. The van der Waals surface area contributed by atoms with Crippen LogP contribution in [-0.4, -0.2) is 40.8 Å². The zero-order valence-electron chi connectivity index (χ0n) is 12.1. The summed E-state index contributed by atoms with van der Waals surface area (Å²) < 4.78 is 10.9. The van der Waals surface area contributed by atoms with Crippen molar-refractivity contribution >= 4 is 11.9 Å². The van der Waals surface area contributed by atoms with Crippen molar-refractivity contribution in [1.82, 2.24) is 4.90 Å². The number of amides is 1. The Balaban J connectivity index is 2.85. The Morgan fingerprint density at radius 3 is 2.39 bits per heavy atom. The van der Waals surface area contributed by atoms with E-state index in [9.17, 15) is 9.59 Å². The van der Waals surface area contributed by atoms with Crippen molar-refractivity contribution in [3.05, 3.63) is 0 Å². The van der Waals surface area contributed by atoms with Gasteiger partial charge in [0, 0.05) is 6.42 Å². The van der Waals surface area contributed by atoms with Crippen molar-refractivity contribution in [1.29, 1.82) is 0 Å². The Morgan fingerprint density at radius 1 is 1.39 bits per heavy atom. The van der Waals surface area contributed by atoms with E-state index >= 15 is 0 Å². The van der Waals surface area contributed by atoms with Crippen molar-refractivity contribution in [3.8, 4) is 0 Å². The second-order valence-electron chi connectivity index (χ2n) is 6.17. The van der Waals surface area contributed by atoms with E-state index in [1.165, 1.54) is 11.8 Å².